The second kappa shape index (κ2) is 6.26. The first-order valence-electron chi connectivity index (χ1n) is 6.13. The summed E-state index contributed by atoms with van der Waals surface area (Å²) in [7, 11) is 1.87. The Kier molecular flexibility index (Phi) is 4.41. The number of hydrogen-bond acceptors (Lipinski definition) is 4. The summed E-state index contributed by atoms with van der Waals surface area (Å²) in [4.78, 5) is 11.6. The molecular weight excluding hydrogens is 232 g/mol. The van der Waals surface area contributed by atoms with E-state index < -0.39 is 0 Å². The van der Waals surface area contributed by atoms with Crippen LogP contribution in [0.1, 0.15) is 12.8 Å². The van der Waals surface area contributed by atoms with Gasteiger partial charge in [-0.15, -0.1) is 0 Å². The molecule has 0 bridgehead atoms. The van der Waals surface area contributed by atoms with E-state index in [2.05, 4.69) is 10.6 Å². The fraction of sp³-hybridized carbons (Fsp3) is 0.462. The molecule has 0 saturated heterocycles. The molecule has 0 unspecified atom stereocenters. The number of anilines is 1. The third-order valence-electron chi connectivity index (χ3n) is 2.66. The molecule has 1 aliphatic rings. The Bertz CT molecular complexity index is 421. The monoisotopic (exact) mass is 250 g/mol. The number of amides is 1. The van der Waals surface area contributed by atoms with Crippen molar-refractivity contribution in [1.82, 2.24) is 5.32 Å². The second-order valence-electron chi connectivity index (χ2n) is 4.11. The number of ether oxygens (including phenoxy) is 2. The van der Waals surface area contributed by atoms with Gasteiger partial charge in [0.2, 0.25) is 5.91 Å². The summed E-state index contributed by atoms with van der Waals surface area (Å²) < 4.78 is 10.9. The molecule has 5 heteroatoms. The van der Waals surface area contributed by atoms with E-state index in [1.807, 2.05) is 19.2 Å². The third-order valence-corrected chi connectivity index (χ3v) is 2.66. The summed E-state index contributed by atoms with van der Waals surface area (Å²) in [6.45, 7) is 1.96. The molecule has 18 heavy (non-hydrogen) atoms. The van der Waals surface area contributed by atoms with Crippen LogP contribution < -0.4 is 20.1 Å². The van der Waals surface area contributed by atoms with Gasteiger partial charge in [0.25, 0.3) is 0 Å². The highest BCUT2D eigenvalue weighted by Gasteiger charge is 2.12. The quantitative estimate of drug-likeness (QED) is 0.775. The van der Waals surface area contributed by atoms with Crippen molar-refractivity contribution in [2.75, 3.05) is 32.1 Å². The zero-order chi connectivity index (χ0) is 12.8. The Morgan fingerprint density at radius 1 is 1.28 bits per heavy atom. The summed E-state index contributed by atoms with van der Waals surface area (Å²) in [6, 6.07) is 5.44. The average molecular weight is 250 g/mol. The molecule has 1 heterocycles. The number of fused-ring (bicyclic) bond motifs is 1. The summed E-state index contributed by atoms with van der Waals surface area (Å²) in [5.74, 6) is 1.44. The van der Waals surface area contributed by atoms with Gasteiger partial charge < -0.3 is 20.1 Å². The van der Waals surface area contributed by atoms with Crippen LogP contribution in [0.5, 0.6) is 11.5 Å². The second-order valence-corrected chi connectivity index (χ2v) is 4.11. The topological polar surface area (TPSA) is 59.6 Å². The van der Waals surface area contributed by atoms with Crippen LogP contribution >= 0.6 is 0 Å². The van der Waals surface area contributed by atoms with Crippen molar-refractivity contribution < 1.29 is 14.3 Å². The maximum atomic E-state index is 11.6. The van der Waals surface area contributed by atoms with Crippen molar-refractivity contribution in [2.45, 2.75) is 12.8 Å². The number of hydrogen-bond donors (Lipinski definition) is 2. The smallest absolute Gasteiger partial charge is 0.224 e. The van der Waals surface area contributed by atoms with Crippen molar-refractivity contribution >= 4 is 11.6 Å². The molecule has 2 rings (SSSR count). The first-order chi connectivity index (χ1) is 8.79. The minimum Gasteiger partial charge on any atom is -0.486 e. The van der Waals surface area contributed by atoms with Crippen LogP contribution in [0.3, 0.4) is 0 Å². The number of benzene rings is 1. The van der Waals surface area contributed by atoms with Crippen LogP contribution in [0, 0.1) is 0 Å². The highest BCUT2D eigenvalue weighted by molar-refractivity contribution is 5.91. The fourth-order valence-corrected chi connectivity index (χ4v) is 1.77. The predicted molar refractivity (Wildman–Crippen MR) is 69.2 cm³/mol. The lowest BCUT2D eigenvalue weighted by atomic mass is 10.2. The van der Waals surface area contributed by atoms with E-state index in [9.17, 15) is 4.79 Å². The summed E-state index contributed by atoms with van der Waals surface area (Å²) in [5, 5.41) is 5.86. The highest BCUT2D eigenvalue weighted by Crippen LogP contribution is 2.32. The third kappa shape index (κ3) is 3.37. The molecule has 98 valence electrons. The summed E-state index contributed by atoms with van der Waals surface area (Å²) in [5.41, 5.74) is 0.744. The Morgan fingerprint density at radius 2 is 2.06 bits per heavy atom. The van der Waals surface area contributed by atoms with Gasteiger partial charge in [-0.05, 0) is 32.1 Å². The van der Waals surface area contributed by atoms with Crippen LogP contribution in [-0.4, -0.2) is 32.7 Å². The molecule has 0 aromatic heterocycles. The molecule has 1 aromatic carbocycles. The maximum absolute atomic E-state index is 11.6. The van der Waals surface area contributed by atoms with Crippen LogP contribution in [0.15, 0.2) is 18.2 Å². The molecular formula is C13H18N2O3. The molecule has 2 N–H and O–H groups in total. The zero-order valence-corrected chi connectivity index (χ0v) is 10.5. The average Bonchev–Trinajstić information content (AvgIpc) is 2.39. The largest absolute Gasteiger partial charge is 0.486 e. The van der Waals surface area contributed by atoms with Crippen LogP contribution in [0.25, 0.3) is 0 Å². The van der Waals surface area contributed by atoms with Crippen molar-refractivity contribution in [3.63, 3.8) is 0 Å². The molecule has 1 aliphatic heterocycles. The molecule has 0 atom stereocenters. The lowest BCUT2D eigenvalue weighted by Gasteiger charge is -2.19. The first-order valence-corrected chi connectivity index (χ1v) is 6.13. The maximum Gasteiger partial charge on any atom is 0.224 e. The van der Waals surface area contributed by atoms with E-state index in [0.717, 1.165) is 24.4 Å². The number of carbonyl (C=O) groups excluding carboxylic acids is 1. The molecule has 1 aromatic rings. The Hall–Kier alpha value is -1.75. The molecule has 0 fully saturated rings. The van der Waals surface area contributed by atoms with Crippen molar-refractivity contribution in [3.05, 3.63) is 18.2 Å². The molecule has 0 saturated carbocycles. The van der Waals surface area contributed by atoms with E-state index in [1.54, 1.807) is 6.07 Å². The standard InChI is InChI=1S/C13H18N2O3/c1-14-6-2-3-13(16)15-10-4-5-11-12(9-10)18-8-7-17-11/h4-5,9,14H,2-3,6-8H2,1H3,(H,15,16). The van der Waals surface area contributed by atoms with Crippen molar-refractivity contribution in [3.8, 4) is 11.5 Å². The normalized spacial score (nSPS) is 13.2. The molecule has 5 nitrogen and oxygen atoms in total. The van der Waals surface area contributed by atoms with Gasteiger partial charge in [-0.25, -0.2) is 0 Å². The fourth-order valence-electron chi connectivity index (χ4n) is 1.77. The van der Waals surface area contributed by atoms with Crippen LogP contribution in [-0.2, 0) is 4.79 Å². The molecule has 0 spiro atoms. The van der Waals surface area contributed by atoms with Gasteiger partial charge in [0.15, 0.2) is 11.5 Å². The van der Waals surface area contributed by atoms with E-state index in [-0.39, 0.29) is 5.91 Å². The molecule has 1 amide bonds. The van der Waals surface area contributed by atoms with Gasteiger partial charge in [-0.3, -0.25) is 4.79 Å². The highest BCUT2D eigenvalue weighted by atomic mass is 16.6. The molecule has 0 radical (unpaired) electrons. The summed E-state index contributed by atoms with van der Waals surface area (Å²) >= 11 is 0. The Balaban J connectivity index is 1.91. The van der Waals surface area contributed by atoms with Gasteiger partial charge >= 0.3 is 0 Å². The van der Waals surface area contributed by atoms with Crippen molar-refractivity contribution in [2.24, 2.45) is 0 Å². The minimum atomic E-state index is 0.0157. The lowest BCUT2D eigenvalue weighted by molar-refractivity contribution is -0.116. The summed E-state index contributed by atoms with van der Waals surface area (Å²) in [6.07, 6.45) is 1.34. The van der Waals surface area contributed by atoms with Gasteiger partial charge in [-0.1, -0.05) is 0 Å². The number of nitrogens with one attached hydrogen (secondary N) is 2. The molecule has 0 aliphatic carbocycles. The van der Waals surface area contributed by atoms with Gasteiger partial charge in [0.05, 0.1) is 0 Å². The van der Waals surface area contributed by atoms with Gasteiger partial charge in [0, 0.05) is 18.2 Å². The van der Waals surface area contributed by atoms with Gasteiger partial charge in [-0.2, -0.15) is 0 Å². The van der Waals surface area contributed by atoms with Gasteiger partial charge in [0.1, 0.15) is 13.2 Å². The minimum absolute atomic E-state index is 0.0157. The first kappa shape index (κ1) is 12.7. The van der Waals surface area contributed by atoms with E-state index >= 15 is 0 Å². The van der Waals surface area contributed by atoms with E-state index in [1.165, 1.54) is 0 Å². The number of rotatable bonds is 5. The van der Waals surface area contributed by atoms with E-state index in [4.69, 9.17) is 9.47 Å². The lowest BCUT2D eigenvalue weighted by Crippen LogP contribution is -2.17. The zero-order valence-electron chi connectivity index (χ0n) is 10.5. The Morgan fingerprint density at radius 3 is 2.83 bits per heavy atom. The predicted octanol–water partition coefficient (Wildman–Crippen LogP) is 1.40. The van der Waals surface area contributed by atoms with Crippen LogP contribution in [0.2, 0.25) is 0 Å². The van der Waals surface area contributed by atoms with Crippen molar-refractivity contribution in [1.29, 1.82) is 0 Å². The SMILES string of the molecule is CNCCCC(=O)Nc1ccc2c(c1)OCCO2. The van der Waals surface area contributed by atoms with E-state index in [0.29, 0.717) is 25.4 Å². The number of carbonyl (C=O) groups is 1. The van der Waals surface area contributed by atoms with Crippen LogP contribution in [0.4, 0.5) is 5.69 Å². The Labute approximate surface area is 106 Å².